The molecule has 0 heterocycles. The van der Waals surface area contributed by atoms with Crippen molar-refractivity contribution in [3.8, 4) is 11.8 Å². The van der Waals surface area contributed by atoms with E-state index in [1.54, 1.807) is 12.1 Å². The first-order valence-electron chi connectivity index (χ1n) is 6.12. The van der Waals surface area contributed by atoms with Gasteiger partial charge in [-0.1, -0.05) is 11.6 Å². The number of hydrogen-bond acceptors (Lipinski definition) is 2. The Kier molecular flexibility index (Phi) is 2.72. The van der Waals surface area contributed by atoms with Crippen LogP contribution in [0.1, 0.15) is 31.2 Å². The van der Waals surface area contributed by atoms with Gasteiger partial charge in [-0.3, -0.25) is 0 Å². The Morgan fingerprint density at radius 1 is 1.29 bits per heavy atom. The minimum absolute atomic E-state index is 0.359. The van der Waals surface area contributed by atoms with E-state index >= 15 is 0 Å². The number of benzene rings is 1. The lowest BCUT2D eigenvalue weighted by atomic mass is 9.98. The Bertz CT molecular complexity index is 480. The molecular formula is C14H14ClNO. The number of fused-ring (bicyclic) bond motifs is 2. The quantitative estimate of drug-likeness (QED) is 0.797. The standard InChI is InChI=1S/C14H14ClNO/c15-13-7-12(4-3-11(13)8-16)17-14-6-9-1-2-10(14)5-9/h3-4,7,9-10,14H,1-2,5-6H2/t9-,10?,14?/m1/s1. The van der Waals surface area contributed by atoms with Crippen molar-refractivity contribution < 1.29 is 4.74 Å². The van der Waals surface area contributed by atoms with Crippen molar-refractivity contribution in [3.05, 3.63) is 28.8 Å². The molecule has 2 aliphatic rings. The number of nitrogens with zero attached hydrogens (tertiary/aromatic N) is 1. The van der Waals surface area contributed by atoms with Gasteiger partial charge in [0.2, 0.25) is 0 Å². The summed E-state index contributed by atoms with van der Waals surface area (Å²) in [6.45, 7) is 0. The lowest BCUT2D eigenvalue weighted by Gasteiger charge is -2.23. The molecule has 3 rings (SSSR count). The average Bonchev–Trinajstić information content (AvgIpc) is 2.91. The van der Waals surface area contributed by atoms with Crippen LogP contribution in [0.4, 0.5) is 0 Å². The summed E-state index contributed by atoms with van der Waals surface area (Å²) in [6, 6.07) is 7.38. The van der Waals surface area contributed by atoms with Gasteiger partial charge in [0.05, 0.1) is 10.6 Å². The summed E-state index contributed by atoms with van der Waals surface area (Å²) in [7, 11) is 0. The predicted octanol–water partition coefficient (Wildman–Crippen LogP) is 3.78. The smallest absolute Gasteiger partial charge is 0.121 e. The number of rotatable bonds is 2. The molecule has 0 saturated heterocycles. The molecule has 0 spiro atoms. The lowest BCUT2D eigenvalue weighted by molar-refractivity contribution is 0.138. The zero-order chi connectivity index (χ0) is 11.8. The van der Waals surface area contributed by atoms with E-state index < -0.39 is 0 Å². The normalized spacial score (nSPS) is 30.2. The molecule has 88 valence electrons. The Morgan fingerprint density at radius 2 is 2.18 bits per heavy atom. The van der Waals surface area contributed by atoms with Crippen LogP contribution in [0.3, 0.4) is 0 Å². The van der Waals surface area contributed by atoms with Gasteiger partial charge < -0.3 is 4.74 Å². The third-order valence-corrected chi connectivity index (χ3v) is 4.33. The second kappa shape index (κ2) is 4.23. The first-order chi connectivity index (χ1) is 8.26. The number of nitriles is 1. The van der Waals surface area contributed by atoms with E-state index in [0.29, 0.717) is 16.7 Å². The number of halogens is 1. The molecular weight excluding hydrogens is 234 g/mol. The summed E-state index contributed by atoms with van der Waals surface area (Å²) in [4.78, 5) is 0. The summed E-state index contributed by atoms with van der Waals surface area (Å²) in [6.07, 6.45) is 5.55. The van der Waals surface area contributed by atoms with Crippen molar-refractivity contribution in [2.75, 3.05) is 0 Å². The van der Waals surface area contributed by atoms with E-state index in [0.717, 1.165) is 17.6 Å². The Hall–Kier alpha value is -1.20. The highest BCUT2D eigenvalue weighted by molar-refractivity contribution is 6.31. The zero-order valence-electron chi connectivity index (χ0n) is 9.53. The minimum atomic E-state index is 0.359. The average molecular weight is 248 g/mol. The summed E-state index contributed by atoms with van der Waals surface area (Å²) >= 11 is 5.99. The summed E-state index contributed by atoms with van der Waals surface area (Å²) in [5, 5.41) is 9.28. The molecule has 1 aromatic carbocycles. The van der Waals surface area contributed by atoms with Gasteiger partial charge in [-0.15, -0.1) is 0 Å². The monoisotopic (exact) mass is 247 g/mol. The minimum Gasteiger partial charge on any atom is -0.490 e. The SMILES string of the molecule is N#Cc1ccc(OC2C[C@@H]3CCC2C3)cc1Cl. The number of hydrogen-bond donors (Lipinski definition) is 0. The maximum atomic E-state index is 8.80. The van der Waals surface area contributed by atoms with Crippen LogP contribution in [0.15, 0.2) is 18.2 Å². The molecule has 1 aromatic rings. The molecule has 3 atom stereocenters. The topological polar surface area (TPSA) is 33.0 Å². The van der Waals surface area contributed by atoms with Gasteiger partial charge in [0.15, 0.2) is 0 Å². The molecule has 3 heteroatoms. The van der Waals surface area contributed by atoms with Gasteiger partial charge in [0.1, 0.15) is 17.9 Å². The number of ether oxygens (including phenoxy) is 1. The molecule has 0 aromatic heterocycles. The fourth-order valence-corrected chi connectivity index (χ4v) is 3.38. The highest BCUT2D eigenvalue weighted by Gasteiger charge is 2.40. The van der Waals surface area contributed by atoms with Crippen molar-refractivity contribution in [1.82, 2.24) is 0 Å². The van der Waals surface area contributed by atoms with E-state index in [9.17, 15) is 0 Å². The van der Waals surface area contributed by atoms with Gasteiger partial charge in [0.25, 0.3) is 0 Å². The van der Waals surface area contributed by atoms with Gasteiger partial charge in [-0.25, -0.2) is 0 Å². The van der Waals surface area contributed by atoms with E-state index in [4.69, 9.17) is 21.6 Å². The molecule has 2 aliphatic carbocycles. The van der Waals surface area contributed by atoms with Crippen LogP contribution >= 0.6 is 11.6 Å². The third kappa shape index (κ3) is 2.00. The summed E-state index contributed by atoms with van der Waals surface area (Å²) in [5.41, 5.74) is 0.506. The second-order valence-electron chi connectivity index (χ2n) is 5.08. The molecule has 17 heavy (non-hydrogen) atoms. The van der Waals surface area contributed by atoms with Crippen molar-refractivity contribution in [1.29, 1.82) is 5.26 Å². The maximum absolute atomic E-state index is 8.80. The van der Waals surface area contributed by atoms with Crippen LogP contribution in [0.2, 0.25) is 5.02 Å². The van der Waals surface area contributed by atoms with Gasteiger partial charge >= 0.3 is 0 Å². The van der Waals surface area contributed by atoms with Crippen molar-refractivity contribution in [3.63, 3.8) is 0 Å². The molecule has 0 N–H and O–H groups in total. The molecule has 2 saturated carbocycles. The fourth-order valence-electron chi connectivity index (χ4n) is 3.17. The van der Waals surface area contributed by atoms with E-state index in [-0.39, 0.29) is 0 Å². The fraction of sp³-hybridized carbons (Fsp3) is 0.500. The molecule has 0 radical (unpaired) electrons. The van der Waals surface area contributed by atoms with Gasteiger partial charge in [-0.2, -0.15) is 5.26 Å². The Balaban J connectivity index is 1.74. The van der Waals surface area contributed by atoms with Gasteiger partial charge in [-0.05, 0) is 49.7 Å². The van der Waals surface area contributed by atoms with E-state index in [2.05, 4.69) is 6.07 Å². The molecule has 2 fully saturated rings. The van der Waals surface area contributed by atoms with Crippen LogP contribution < -0.4 is 4.74 Å². The first-order valence-corrected chi connectivity index (χ1v) is 6.50. The van der Waals surface area contributed by atoms with Gasteiger partial charge in [0, 0.05) is 6.07 Å². The van der Waals surface area contributed by atoms with E-state index in [1.165, 1.54) is 25.7 Å². The van der Waals surface area contributed by atoms with E-state index in [1.807, 2.05) is 6.07 Å². The maximum Gasteiger partial charge on any atom is 0.121 e. The van der Waals surface area contributed by atoms with Crippen LogP contribution in [-0.4, -0.2) is 6.10 Å². The predicted molar refractivity (Wildman–Crippen MR) is 66.0 cm³/mol. The first kappa shape index (κ1) is 10.9. The summed E-state index contributed by atoms with van der Waals surface area (Å²) in [5.74, 6) is 2.40. The Labute approximate surface area is 106 Å². The molecule has 2 nitrogen and oxygen atoms in total. The second-order valence-corrected chi connectivity index (χ2v) is 5.49. The van der Waals surface area contributed by atoms with Crippen LogP contribution in [0.5, 0.6) is 5.75 Å². The molecule has 0 amide bonds. The van der Waals surface area contributed by atoms with Crippen LogP contribution in [0.25, 0.3) is 0 Å². The molecule has 2 unspecified atom stereocenters. The molecule has 2 bridgehead atoms. The largest absolute Gasteiger partial charge is 0.490 e. The van der Waals surface area contributed by atoms with Crippen molar-refractivity contribution >= 4 is 11.6 Å². The summed E-state index contributed by atoms with van der Waals surface area (Å²) < 4.78 is 6.00. The van der Waals surface area contributed by atoms with Crippen molar-refractivity contribution in [2.24, 2.45) is 11.8 Å². The van der Waals surface area contributed by atoms with Crippen LogP contribution in [-0.2, 0) is 0 Å². The highest BCUT2D eigenvalue weighted by atomic mass is 35.5. The van der Waals surface area contributed by atoms with Crippen LogP contribution in [0, 0.1) is 23.2 Å². The van der Waals surface area contributed by atoms with Crippen molar-refractivity contribution in [2.45, 2.75) is 31.8 Å². The Morgan fingerprint density at radius 3 is 2.76 bits per heavy atom. The zero-order valence-corrected chi connectivity index (χ0v) is 10.3. The molecule has 0 aliphatic heterocycles. The third-order valence-electron chi connectivity index (χ3n) is 4.02. The lowest BCUT2D eigenvalue weighted by Crippen LogP contribution is -2.23. The highest BCUT2D eigenvalue weighted by Crippen LogP contribution is 2.46.